The van der Waals surface area contributed by atoms with Crippen molar-refractivity contribution in [3.63, 3.8) is 0 Å². The third-order valence-electron chi connectivity index (χ3n) is 2.55. The predicted octanol–water partition coefficient (Wildman–Crippen LogP) is 4.34. The second kappa shape index (κ2) is 7.23. The molecule has 4 heteroatoms. The molecule has 0 fully saturated rings. The SMILES string of the molecule is Cc1ccccc1S[Si][Si]Sc1ccccc1C. The molecule has 0 atom stereocenters. The van der Waals surface area contributed by atoms with E-state index in [1.807, 2.05) is 22.4 Å². The van der Waals surface area contributed by atoms with Crippen LogP contribution in [0.3, 0.4) is 0 Å². The van der Waals surface area contributed by atoms with Gasteiger partial charge in [0, 0.05) is 9.79 Å². The zero-order chi connectivity index (χ0) is 12.8. The number of benzene rings is 2. The maximum Gasteiger partial charge on any atom is 0.127 e. The molecule has 0 aliphatic carbocycles. The van der Waals surface area contributed by atoms with Crippen molar-refractivity contribution in [3.05, 3.63) is 59.7 Å². The smallest absolute Gasteiger partial charge is 0.127 e. The van der Waals surface area contributed by atoms with E-state index in [0.717, 1.165) is 16.4 Å². The maximum atomic E-state index is 2.22. The summed E-state index contributed by atoms with van der Waals surface area (Å²) in [6, 6.07) is 17.3. The lowest BCUT2D eigenvalue weighted by molar-refractivity contribution is 1.31. The van der Waals surface area contributed by atoms with E-state index < -0.39 is 0 Å². The van der Waals surface area contributed by atoms with Crippen LogP contribution in [0.1, 0.15) is 11.1 Å². The number of hydrogen-bond donors (Lipinski definition) is 0. The van der Waals surface area contributed by atoms with Gasteiger partial charge in [-0.1, -0.05) is 36.4 Å². The van der Waals surface area contributed by atoms with E-state index in [1.54, 1.807) is 0 Å². The first kappa shape index (κ1) is 14.0. The van der Waals surface area contributed by atoms with E-state index in [0.29, 0.717) is 0 Å². The minimum Gasteiger partial charge on any atom is -0.158 e. The van der Waals surface area contributed by atoms with Crippen molar-refractivity contribution in [2.75, 3.05) is 0 Å². The van der Waals surface area contributed by atoms with Crippen molar-refractivity contribution in [2.45, 2.75) is 23.6 Å². The van der Waals surface area contributed by atoms with Crippen molar-refractivity contribution in [2.24, 2.45) is 0 Å². The lowest BCUT2D eigenvalue weighted by atomic mass is 10.2. The molecule has 0 N–H and O–H groups in total. The Hall–Kier alpha value is -0.426. The fourth-order valence-electron chi connectivity index (χ4n) is 1.49. The highest BCUT2D eigenvalue weighted by Crippen LogP contribution is 2.24. The molecule has 0 aliphatic heterocycles. The molecule has 2 aromatic rings. The third kappa shape index (κ3) is 4.05. The van der Waals surface area contributed by atoms with Crippen LogP contribution in [0.5, 0.6) is 0 Å². The zero-order valence-corrected chi connectivity index (χ0v) is 14.1. The molecule has 0 saturated heterocycles. The molecule has 0 aliphatic rings. The zero-order valence-electron chi connectivity index (χ0n) is 10.4. The molecule has 0 heterocycles. The standard InChI is InChI=1S/C14H14S2Si2/c1-11-7-3-5-9-13(11)15-17-18-16-14-10-6-4-8-12(14)2/h3-10H,1-2H3. The number of aryl methyl sites for hydroxylation is 2. The third-order valence-corrected chi connectivity index (χ3v) is 11.2. The van der Waals surface area contributed by atoms with Crippen molar-refractivity contribution < 1.29 is 0 Å². The van der Waals surface area contributed by atoms with E-state index in [-0.39, 0.29) is 0 Å². The Morgan fingerprint density at radius 1 is 0.667 bits per heavy atom. The summed E-state index contributed by atoms with van der Waals surface area (Å²) in [7, 11) is 1.87. The van der Waals surface area contributed by atoms with Gasteiger partial charge in [0.1, 0.15) is 16.4 Å². The molecule has 2 rings (SSSR count). The van der Waals surface area contributed by atoms with Crippen LogP contribution < -0.4 is 0 Å². The Bertz CT molecular complexity index is 467. The van der Waals surface area contributed by atoms with Crippen molar-refractivity contribution in [1.29, 1.82) is 0 Å². The predicted molar refractivity (Wildman–Crippen MR) is 85.6 cm³/mol. The van der Waals surface area contributed by atoms with Crippen LogP contribution in [0, 0.1) is 13.8 Å². The lowest BCUT2D eigenvalue weighted by Gasteiger charge is -2.05. The summed E-state index contributed by atoms with van der Waals surface area (Å²) in [5.74, 6) is 0. The topological polar surface area (TPSA) is 0 Å². The maximum absolute atomic E-state index is 2.22. The largest absolute Gasteiger partial charge is 0.158 e. The Balaban J connectivity index is 1.80. The molecule has 0 spiro atoms. The molecular formula is C14H14S2Si2. The van der Waals surface area contributed by atoms with Gasteiger partial charge in [0.25, 0.3) is 0 Å². The first-order chi connectivity index (χ1) is 8.77. The Morgan fingerprint density at radius 3 is 1.44 bits per heavy atom. The second-order valence-electron chi connectivity index (χ2n) is 3.94. The molecular weight excluding hydrogens is 288 g/mol. The molecule has 4 radical (unpaired) electrons. The molecule has 18 heavy (non-hydrogen) atoms. The summed E-state index contributed by atoms with van der Waals surface area (Å²) >= 11 is 3.98. The van der Waals surface area contributed by atoms with Gasteiger partial charge in [0.2, 0.25) is 0 Å². The lowest BCUT2D eigenvalue weighted by Crippen LogP contribution is -1.95. The van der Waals surface area contributed by atoms with Crippen molar-refractivity contribution in [3.8, 4) is 0 Å². The second-order valence-corrected chi connectivity index (χ2v) is 11.8. The van der Waals surface area contributed by atoms with Crippen molar-refractivity contribution >= 4 is 38.8 Å². The van der Waals surface area contributed by atoms with Gasteiger partial charge in [-0.2, -0.15) is 22.4 Å². The van der Waals surface area contributed by atoms with Crippen LogP contribution in [-0.4, -0.2) is 16.4 Å². The summed E-state index contributed by atoms with van der Waals surface area (Å²) in [6.07, 6.45) is 0. The van der Waals surface area contributed by atoms with Gasteiger partial charge < -0.3 is 0 Å². The average molecular weight is 303 g/mol. The normalized spacial score (nSPS) is 10.6. The van der Waals surface area contributed by atoms with Crippen LogP contribution in [0.25, 0.3) is 0 Å². The molecule has 0 nitrogen and oxygen atoms in total. The summed E-state index contributed by atoms with van der Waals surface area (Å²) in [5, 5.41) is 0. The van der Waals surface area contributed by atoms with Crippen molar-refractivity contribution in [1.82, 2.24) is 0 Å². The highest BCUT2D eigenvalue weighted by Gasteiger charge is 2.02. The van der Waals surface area contributed by atoms with Gasteiger partial charge in [-0.05, 0) is 37.1 Å². The van der Waals surface area contributed by atoms with Gasteiger partial charge in [-0.3, -0.25) is 0 Å². The summed E-state index contributed by atoms with van der Waals surface area (Å²) in [6.45, 7) is 4.37. The number of rotatable bonds is 5. The van der Waals surface area contributed by atoms with E-state index in [4.69, 9.17) is 0 Å². The first-order valence-corrected chi connectivity index (χ1v) is 11.8. The monoisotopic (exact) mass is 302 g/mol. The molecule has 0 aromatic heterocycles. The molecule has 0 unspecified atom stereocenters. The minimum atomic E-state index is 0.935. The van der Waals surface area contributed by atoms with Crippen LogP contribution in [0.2, 0.25) is 0 Å². The van der Waals surface area contributed by atoms with Crippen LogP contribution >= 0.6 is 22.4 Å². The highest BCUT2D eigenvalue weighted by atomic mass is 32.4. The first-order valence-electron chi connectivity index (χ1n) is 5.72. The van der Waals surface area contributed by atoms with Crippen LogP contribution in [-0.2, 0) is 0 Å². The molecule has 0 bridgehead atoms. The van der Waals surface area contributed by atoms with Gasteiger partial charge in [-0.25, -0.2) is 0 Å². The quantitative estimate of drug-likeness (QED) is 0.595. The van der Waals surface area contributed by atoms with Gasteiger partial charge in [-0.15, -0.1) is 0 Å². The summed E-state index contributed by atoms with van der Waals surface area (Å²) < 4.78 is 0. The molecule has 0 saturated carbocycles. The van der Waals surface area contributed by atoms with Crippen LogP contribution in [0.4, 0.5) is 0 Å². The van der Waals surface area contributed by atoms with Gasteiger partial charge in [0.05, 0.1) is 0 Å². The molecule has 0 amide bonds. The van der Waals surface area contributed by atoms with E-state index >= 15 is 0 Å². The number of hydrogen-bond acceptors (Lipinski definition) is 2. The molecule has 90 valence electrons. The van der Waals surface area contributed by atoms with E-state index in [1.165, 1.54) is 20.9 Å². The van der Waals surface area contributed by atoms with Gasteiger partial charge in [0.15, 0.2) is 0 Å². The Morgan fingerprint density at radius 2 is 1.06 bits per heavy atom. The average Bonchev–Trinajstić information content (AvgIpc) is 2.38. The van der Waals surface area contributed by atoms with E-state index in [2.05, 4.69) is 62.4 Å². The summed E-state index contributed by atoms with van der Waals surface area (Å²) in [5.41, 5.74) is 2.78. The fraction of sp³-hybridized carbons (Fsp3) is 0.143. The molecule has 2 aromatic carbocycles. The van der Waals surface area contributed by atoms with E-state index in [9.17, 15) is 0 Å². The summed E-state index contributed by atoms with van der Waals surface area (Å²) in [4.78, 5) is 2.85. The Labute approximate surface area is 122 Å². The van der Waals surface area contributed by atoms with Crippen LogP contribution in [0.15, 0.2) is 58.3 Å². The highest BCUT2D eigenvalue weighted by molar-refractivity contribution is 8.39. The van der Waals surface area contributed by atoms with Gasteiger partial charge >= 0.3 is 0 Å². The Kier molecular flexibility index (Phi) is 5.62. The minimum absolute atomic E-state index is 0.935. The fourth-order valence-corrected chi connectivity index (χ4v) is 9.81.